The number of ether oxygens (including phenoxy) is 2. The van der Waals surface area contributed by atoms with Gasteiger partial charge in [-0.05, 0) is 51.3 Å². The molecule has 106 valence electrons. The molecule has 1 fully saturated rings. The summed E-state index contributed by atoms with van der Waals surface area (Å²) in [7, 11) is 1.67. The molecule has 1 saturated carbocycles. The molecular formula is C15H22BrNO2. The largest absolute Gasteiger partial charge is 0.493 e. The predicted molar refractivity (Wildman–Crippen MR) is 81.0 cm³/mol. The number of benzene rings is 1. The Kier molecular flexibility index (Phi) is 4.11. The second-order valence-electron chi connectivity index (χ2n) is 5.59. The maximum atomic E-state index is 6.15. The summed E-state index contributed by atoms with van der Waals surface area (Å²) >= 11 is 3.65. The van der Waals surface area contributed by atoms with Crippen LogP contribution in [0.2, 0.25) is 0 Å². The van der Waals surface area contributed by atoms with E-state index < -0.39 is 0 Å². The first-order valence-electron chi connectivity index (χ1n) is 6.71. The molecule has 0 heterocycles. The molecule has 0 saturated heterocycles. The van der Waals surface area contributed by atoms with Gasteiger partial charge in [0.2, 0.25) is 0 Å². The topological polar surface area (TPSA) is 44.5 Å². The fourth-order valence-corrected chi connectivity index (χ4v) is 3.24. The lowest BCUT2D eigenvalue weighted by atomic mass is 9.89. The summed E-state index contributed by atoms with van der Waals surface area (Å²) in [6.45, 7) is 6.08. The van der Waals surface area contributed by atoms with Crippen molar-refractivity contribution < 1.29 is 9.47 Å². The number of methoxy groups -OCH3 is 1. The van der Waals surface area contributed by atoms with E-state index in [9.17, 15) is 0 Å². The fraction of sp³-hybridized carbons (Fsp3) is 0.600. The molecule has 0 aliphatic heterocycles. The van der Waals surface area contributed by atoms with Crippen LogP contribution in [-0.4, -0.2) is 19.3 Å². The van der Waals surface area contributed by atoms with Crippen LogP contribution in [0.5, 0.6) is 11.5 Å². The molecule has 3 nitrogen and oxygen atoms in total. The van der Waals surface area contributed by atoms with Gasteiger partial charge in [-0.2, -0.15) is 0 Å². The van der Waals surface area contributed by atoms with E-state index in [-0.39, 0.29) is 17.6 Å². The lowest BCUT2D eigenvalue weighted by molar-refractivity contribution is 0.229. The Morgan fingerprint density at radius 2 is 1.84 bits per heavy atom. The zero-order valence-electron chi connectivity index (χ0n) is 12.0. The molecule has 0 bridgehead atoms. The van der Waals surface area contributed by atoms with Crippen molar-refractivity contribution in [3.8, 4) is 11.5 Å². The molecule has 1 aliphatic carbocycles. The smallest absolute Gasteiger partial charge is 0.162 e. The van der Waals surface area contributed by atoms with Gasteiger partial charge in [0.25, 0.3) is 0 Å². The van der Waals surface area contributed by atoms with Crippen LogP contribution in [-0.2, 0) is 5.41 Å². The van der Waals surface area contributed by atoms with Gasteiger partial charge in [0.1, 0.15) is 0 Å². The van der Waals surface area contributed by atoms with Crippen LogP contribution in [0.15, 0.2) is 16.6 Å². The maximum Gasteiger partial charge on any atom is 0.162 e. The Hall–Kier alpha value is -0.740. The second kappa shape index (κ2) is 5.33. The number of hydrogen-bond donors (Lipinski definition) is 1. The average Bonchev–Trinajstić information content (AvgIpc) is 3.09. The van der Waals surface area contributed by atoms with Crippen molar-refractivity contribution in [2.45, 2.75) is 51.2 Å². The van der Waals surface area contributed by atoms with E-state index in [1.807, 2.05) is 19.9 Å². The minimum atomic E-state index is 0.0997. The Labute approximate surface area is 123 Å². The lowest BCUT2D eigenvalue weighted by Crippen LogP contribution is -2.31. The van der Waals surface area contributed by atoms with Crippen molar-refractivity contribution in [2.24, 2.45) is 5.73 Å². The Bertz CT molecular complexity index is 467. The Morgan fingerprint density at radius 1 is 1.21 bits per heavy atom. The molecule has 0 radical (unpaired) electrons. The third-order valence-electron chi connectivity index (χ3n) is 3.81. The molecule has 0 amide bonds. The van der Waals surface area contributed by atoms with Gasteiger partial charge in [-0.3, -0.25) is 0 Å². The molecule has 1 aromatic rings. The van der Waals surface area contributed by atoms with Crippen LogP contribution in [0.1, 0.15) is 39.2 Å². The zero-order valence-corrected chi connectivity index (χ0v) is 13.6. The summed E-state index contributed by atoms with van der Waals surface area (Å²) in [5.74, 6) is 1.55. The van der Waals surface area contributed by atoms with E-state index in [1.165, 1.54) is 5.56 Å². The van der Waals surface area contributed by atoms with E-state index in [4.69, 9.17) is 15.2 Å². The fourth-order valence-electron chi connectivity index (χ4n) is 2.53. The van der Waals surface area contributed by atoms with Gasteiger partial charge in [-0.1, -0.05) is 15.9 Å². The quantitative estimate of drug-likeness (QED) is 0.898. The van der Waals surface area contributed by atoms with Crippen molar-refractivity contribution in [3.63, 3.8) is 0 Å². The third-order valence-corrected chi connectivity index (χ3v) is 4.47. The van der Waals surface area contributed by atoms with E-state index in [0.717, 1.165) is 28.8 Å². The maximum absolute atomic E-state index is 6.15. The number of hydrogen-bond acceptors (Lipinski definition) is 3. The number of nitrogens with two attached hydrogens (primary N) is 1. The predicted octanol–water partition coefficient (Wildman–Crippen LogP) is 3.62. The molecule has 4 heteroatoms. The molecule has 19 heavy (non-hydrogen) atoms. The van der Waals surface area contributed by atoms with Gasteiger partial charge in [-0.25, -0.2) is 0 Å². The molecular weight excluding hydrogens is 306 g/mol. The highest BCUT2D eigenvalue weighted by Crippen LogP contribution is 2.54. The van der Waals surface area contributed by atoms with Crippen LogP contribution in [0, 0.1) is 0 Å². The number of rotatable bonds is 5. The highest BCUT2D eigenvalue weighted by Gasteiger charge is 2.48. The van der Waals surface area contributed by atoms with Gasteiger partial charge in [0, 0.05) is 15.9 Å². The van der Waals surface area contributed by atoms with Gasteiger partial charge >= 0.3 is 0 Å². The summed E-state index contributed by atoms with van der Waals surface area (Å²) < 4.78 is 12.3. The lowest BCUT2D eigenvalue weighted by Gasteiger charge is -2.23. The first kappa shape index (κ1) is 14.7. The van der Waals surface area contributed by atoms with Gasteiger partial charge in [0.05, 0.1) is 13.2 Å². The summed E-state index contributed by atoms with van der Waals surface area (Å²) in [6, 6.07) is 4.21. The minimum absolute atomic E-state index is 0.0997. The summed E-state index contributed by atoms with van der Waals surface area (Å²) in [4.78, 5) is 0. The molecule has 0 aromatic heterocycles. The molecule has 1 atom stereocenters. The first-order valence-corrected chi connectivity index (χ1v) is 7.50. The monoisotopic (exact) mass is 327 g/mol. The van der Waals surface area contributed by atoms with Gasteiger partial charge < -0.3 is 15.2 Å². The van der Waals surface area contributed by atoms with E-state index >= 15 is 0 Å². The first-order chi connectivity index (χ1) is 8.90. The third kappa shape index (κ3) is 2.75. The Morgan fingerprint density at radius 3 is 2.26 bits per heavy atom. The zero-order chi connectivity index (χ0) is 14.2. The highest BCUT2D eigenvalue weighted by atomic mass is 79.9. The van der Waals surface area contributed by atoms with Crippen LogP contribution >= 0.6 is 15.9 Å². The molecule has 2 rings (SSSR count). The minimum Gasteiger partial charge on any atom is -0.493 e. The van der Waals surface area contributed by atoms with Crippen molar-refractivity contribution in [1.29, 1.82) is 0 Å². The van der Waals surface area contributed by atoms with Crippen LogP contribution in [0.4, 0.5) is 0 Å². The molecule has 1 aromatic carbocycles. The summed E-state index contributed by atoms with van der Waals surface area (Å²) in [5.41, 5.74) is 7.48. The van der Waals surface area contributed by atoms with E-state index in [1.54, 1.807) is 7.11 Å². The molecule has 1 aliphatic rings. The average molecular weight is 328 g/mol. The van der Waals surface area contributed by atoms with Crippen LogP contribution < -0.4 is 15.2 Å². The van der Waals surface area contributed by atoms with Crippen LogP contribution in [0.3, 0.4) is 0 Å². The van der Waals surface area contributed by atoms with Crippen molar-refractivity contribution in [2.75, 3.05) is 7.11 Å². The van der Waals surface area contributed by atoms with Crippen molar-refractivity contribution in [1.82, 2.24) is 0 Å². The summed E-state index contributed by atoms with van der Waals surface area (Å²) in [6.07, 6.45) is 2.39. The van der Waals surface area contributed by atoms with E-state index in [0.29, 0.717) is 0 Å². The standard InChI is InChI=1S/C15H22BrNO2/c1-9(2)19-14-8-12(16)11(7-13(14)18-4)15(5-6-15)10(3)17/h7-10H,5-6,17H2,1-4H3. The van der Waals surface area contributed by atoms with Crippen LogP contribution in [0.25, 0.3) is 0 Å². The highest BCUT2D eigenvalue weighted by molar-refractivity contribution is 9.10. The second-order valence-corrected chi connectivity index (χ2v) is 6.45. The van der Waals surface area contributed by atoms with Crippen molar-refractivity contribution in [3.05, 3.63) is 22.2 Å². The van der Waals surface area contributed by atoms with Gasteiger partial charge in [-0.15, -0.1) is 0 Å². The summed E-state index contributed by atoms with van der Waals surface area (Å²) in [5, 5.41) is 0. The van der Waals surface area contributed by atoms with Crippen molar-refractivity contribution >= 4 is 15.9 Å². The van der Waals surface area contributed by atoms with E-state index in [2.05, 4.69) is 28.9 Å². The molecule has 2 N–H and O–H groups in total. The Balaban J connectivity index is 2.42. The number of halogens is 1. The normalized spacial score (nSPS) is 18.3. The molecule has 0 spiro atoms. The van der Waals surface area contributed by atoms with Gasteiger partial charge in [0.15, 0.2) is 11.5 Å². The SMILES string of the molecule is COc1cc(C2(C(C)N)CC2)c(Br)cc1OC(C)C. The molecule has 1 unspecified atom stereocenters.